The van der Waals surface area contributed by atoms with Crippen molar-refractivity contribution in [1.29, 1.82) is 0 Å². The molecule has 3 rings (SSSR count). The number of Topliss-reactive ketones (excluding diaryl/α,β-unsaturated/α-hetero) is 1. The normalized spacial score (nSPS) is 31.8. The molecule has 2 aliphatic rings. The Morgan fingerprint density at radius 1 is 1.08 bits per heavy atom. The highest BCUT2D eigenvalue weighted by Gasteiger charge is 2.71. The van der Waals surface area contributed by atoms with Gasteiger partial charge in [0.1, 0.15) is 0 Å². The second-order valence-electron chi connectivity index (χ2n) is 8.72. The number of carbonyl (C=O) groups is 1. The third kappa shape index (κ3) is 2.70. The fraction of sp³-hybridized carbons (Fsp3) is 0.609. The van der Waals surface area contributed by atoms with Crippen LogP contribution in [0.1, 0.15) is 65.4 Å². The summed E-state index contributed by atoms with van der Waals surface area (Å²) in [6, 6.07) is 10.3. The summed E-state index contributed by atoms with van der Waals surface area (Å²) in [6.45, 7) is 11.0. The maximum Gasteiger partial charge on any atom is 0.165 e. The molecule has 136 valence electrons. The zero-order valence-corrected chi connectivity index (χ0v) is 16.3. The molecule has 0 heterocycles. The smallest absolute Gasteiger partial charge is 0.165 e. The Hall–Kier alpha value is -1.41. The number of carbonyl (C=O) groups excluding carboxylic acids is 1. The molecule has 0 aliphatic heterocycles. The number of hydrogen-bond acceptors (Lipinski definition) is 2. The van der Waals surface area contributed by atoms with Crippen molar-refractivity contribution < 1.29 is 4.79 Å². The molecule has 0 radical (unpaired) electrons. The van der Waals surface area contributed by atoms with Gasteiger partial charge in [-0.05, 0) is 42.9 Å². The van der Waals surface area contributed by atoms with E-state index in [9.17, 15) is 4.79 Å². The van der Waals surface area contributed by atoms with Crippen LogP contribution in [-0.2, 0) is 4.79 Å². The van der Waals surface area contributed by atoms with Crippen LogP contribution in [0.15, 0.2) is 35.9 Å². The van der Waals surface area contributed by atoms with Crippen molar-refractivity contribution in [3.05, 3.63) is 41.5 Å². The maximum absolute atomic E-state index is 13.4. The second kappa shape index (κ2) is 6.72. The molecular weight excluding hydrogens is 306 g/mol. The zero-order valence-electron chi connectivity index (χ0n) is 16.3. The summed E-state index contributed by atoms with van der Waals surface area (Å²) < 4.78 is 0. The van der Waals surface area contributed by atoms with Gasteiger partial charge in [-0.3, -0.25) is 4.79 Å². The monoisotopic (exact) mass is 339 g/mol. The van der Waals surface area contributed by atoms with E-state index in [2.05, 4.69) is 51.2 Å². The van der Waals surface area contributed by atoms with Crippen LogP contribution in [0, 0.1) is 16.2 Å². The summed E-state index contributed by atoms with van der Waals surface area (Å²) in [5, 5.41) is 3.70. The standard InChI is InChI=1S/C23H33NO/c1-5-6-10-15-24-17-23-14-13-22(4,21(23,2)3)20(25)19(23)16-18-11-8-7-9-12-18/h7-9,11-12,16,24H,5-6,10,13-15,17H2,1-4H3. The largest absolute Gasteiger partial charge is 0.316 e. The Balaban J connectivity index is 1.93. The summed E-state index contributed by atoms with van der Waals surface area (Å²) in [5.41, 5.74) is 1.93. The highest BCUT2D eigenvalue weighted by atomic mass is 16.1. The lowest BCUT2D eigenvalue weighted by Crippen LogP contribution is -2.42. The van der Waals surface area contributed by atoms with Gasteiger partial charge in [-0.1, -0.05) is 70.9 Å². The highest BCUT2D eigenvalue weighted by Crippen LogP contribution is 2.72. The quantitative estimate of drug-likeness (QED) is 0.543. The van der Waals surface area contributed by atoms with Crippen molar-refractivity contribution in [3.63, 3.8) is 0 Å². The number of rotatable bonds is 7. The van der Waals surface area contributed by atoms with Crippen molar-refractivity contribution in [3.8, 4) is 0 Å². The molecule has 2 saturated carbocycles. The van der Waals surface area contributed by atoms with Gasteiger partial charge >= 0.3 is 0 Å². The van der Waals surface area contributed by atoms with Crippen LogP contribution in [0.4, 0.5) is 0 Å². The SMILES string of the molecule is CCCCCNCC12CCC(C)(C(=O)C1=Cc1ccccc1)C2(C)C. The van der Waals surface area contributed by atoms with E-state index in [4.69, 9.17) is 0 Å². The first-order chi connectivity index (χ1) is 11.9. The van der Waals surface area contributed by atoms with Gasteiger partial charge in [0.25, 0.3) is 0 Å². The van der Waals surface area contributed by atoms with Gasteiger partial charge in [-0.15, -0.1) is 0 Å². The maximum atomic E-state index is 13.4. The van der Waals surface area contributed by atoms with Crippen molar-refractivity contribution in [2.75, 3.05) is 13.1 Å². The fourth-order valence-electron chi connectivity index (χ4n) is 5.13. The Morgan fingerprint density at radius 2 is 1.80 bits per heavy atom. The molecule has 2 nitrogen and oxygen atoms in total. The van der Waals surface area contributed by atoms with Crippen LogP contribution >= 0.6 is 0 Å². The molecule has 0 spiro atoms. The van der Waals surface area contributed by atoms with Gasteiger partial charge in [-0.25, -0.2) is 0 Å². The van der Waals surface area contributed by atoms with Gasteiger partial charge in [0.05, 0.1) is 0 Å². The second-order valence-corrected chi connectivity index (χ2v) is 8.72. The first kappa shape index (κ1) is 18.4. The Bertz CT molecular complexity index is 660. The minimum atomic E-state index is -0.223. The topological polar surface area (TPSA) is 29.1 Å². The zero-order chi connectivity index (χ0) is 18.1. The van der Waals surface area contributed by atoms with E-state index in [1.807, 2.05) is 18.2 Å². The van der Waals surface area contributed by atoms with E-state index in [-0.39, 0.29) is 16.2 Å². The van der Waals surface area contributed by atoms with E-state index in [1.54, 1.807) is 0 Å². The third-order valence-electron chi connectivity index (χ3n) is 7.38. The van der Waals surface area contributed by atoms with E-state index >= 15 is 0 Å². The summed E-state index contributed by atoms with van der Waals surface area (Å²) in [6.07, 6.45) is 8.03. The minimum Gasteiger partial charge on any atom is -0.316 e. The Labute approximate surface area is 153 Å². The lowest BCUT2D eigenvalue weighted by Gasteiger charge is -2.40. The molecule has 25 heavy (non-hydrogen) atoms. The molecule has 2 fully saturated rings. The van der Waals surface area contributed by atoms with Crippen molar-refractivity contribution in [1.82, 2.24) is 5.32 Å². The molecule has 1 aromatic carbocycles. The number of benzene rings is 1. The molecule has 2 heteroatoms. The van der Waals surface area contributed by atoms with Gasteiger partial charge in [-0.2, -0.15) is 0 Å². The van der Waals surface area contributed by atoms with E-state index < -0.39 is 0 Å². The average molecular weight is 340 g/mol. The first-order valence-corrected chi connectivity index (χ1v) is 9.92. The number of hydrogen-bond donors (Lipinski definition) is 1. The van der Waals surface area contributed by atoms with Gasteiger partial charge < -0.3 is 5.32 Å². The summed E-state index contributed by atoms with van der Waals surface area (Å²) in [4.78, 5) is 13.4. The Morgan fingerprint density at radius 3 is 2.48 bits per heavy atom. The van der Waals surface area contributed by atoms with Crippen LogP contribution in [0.3, 0.4) is 0 Å². The number of unbranched alkanes of at least 4 members (excludes halogenated alkanes) is 2. The number of fused-ring (bicyclic) bond motifs is 2. The predicted molar refractivity (Wildman–Crippen MR) is 105 cm³/mol. The van der Waals surface area contributed by atoms with Crippen LogP contribution in [0.5, 0.6) is 0 Å². The highest BCUT2D eigenvalue weighted by molar-refractivity contribution is 6.09. The van der Waals surface area contributed by atoms with Crippen molar-refractivity contribution in [2.45, 2.75) is 59.8 Å². The summed E-state index contributed by atoms with van der Waals surface area (Å²) >= 11 is 0. The molecule has 1 N–H and O–H groups in total. The average Bonchev–Trinajstić information content (AvgIpc) is 2.87. The fourth-order valence-corrected chi connectivity index (χ4v) is 5.13. The molecular formula is C23H33NO. The molecule has 2 atom stereocenters. The van der Waals surface area contributed by atoms with E-state index in [1.165, 1.54) is 19.3 Å². The van der Waals surface area contributed by atoms with Crippen LogP contribution in [0.2, 0.25) is 0 Å². The molecule has 0 amide bonds. The molecule has 2 bridgehead atoms. The lowest BCUT2D eigenvalue weighted by atomic mass is 9.64. The number of ketones is 1. The van der Waals surface area contributed by atoms with Gasteiger partial charge in [0.15, 0.2) is 5.78 Å². The molecule has 0 saturated heterocycles. The van der Waals surface area contributed by atoms with Crippen molar-refractivity contribution in [2.24, 2.45) is 16.2 Å². The minimum absolute atomic E-state index is 0.00451. The number of nitrogens with one attached hydrogen (secondary N) is 1. The molecule has 1 aromatic rings. The van der Waals surface area contributed by atoms with Crippen LogP contribution in [-0.4, -0.2) is 18.9 Å². The molecule has 0 aromatic heterocycles. The Kier molecular flexibility index (Phi) is 4.94. The third-order valence-corrected chi connectivity index (χ3v) is 7.38. The molecule has 2 unspecified atom stereocenters. The first-order valence-electron chi connectivity index (χ1n) is 9.92. The van der Waals surface area contributed by atoms with Crippen molar-refractivity contribution >= 4 is 11.9 Å². The van der Waals surface area contributed by atoms with Gasteiger partial charge in [0, 0.05) is 22.9 Å². The van der Waals surface area contributed by atoms with Crippen LogP contribution < -0.4 is 5.32 Å². The predicted octanol–water partition coefficient (Wildman–Crippen LogP) is 5.25. The van der Waals surface area contributed by atoms with E-state index in [0.29, 0.717) is 5.78 Å². The summed E-state index contributed by atoms with van der Waals surface area (Å²) in [7, 11) is 0. The van der Waals surface area contributed by atoms with Crippen LogP contribution in [0.25, 0.3) is 6.08 Å². The van der Waals surface area contributed by atoms with E-state index in [0.717, 1.165) is 37.1 Å². The lowest BCUT2D eigenvalue weighted by molar-refractivity contribution is -0.125. The molecule has 2 aliphatic carbocycles. The van der Waals surface area contributed by atoms with Gasteiger partial charge in [0.2, 0.25) is 0 Å². The summed E-state index contributed by atoms with van der Waals surface area (Å²) in [5.74, 6) is 0.378.